The summed E-state index contributed by atoms with van der Waals surface area (Å²) in [5, 5.41) is 9.28. The predicted octanol–water partition coefficient (Wildman–Crippen LogP) is 2.70. The molecule has 0 bridgehead atoms. The monoisotopic (exact) mass is 285 g/mol. The molecule has 0 aliphatic carbocycles. The van der Waals surface area contributed by atoms with Crippen molar-refractivity contribution in [2.75, 3.05) is 32.7 Å². The Morgan fingerprint density at radius 3 is 2.24 bits per heavy atom. The van der Waals surface area contributed by atoms with Crippen molar-refractivity contribution in [1.82, 2.24) is 9.80 Å². The summed E-state index contributed by atoms with van der Waals surface area (Å²) < 4.78 is 0. The van der Waals surface area contributed by atoms with E-state index in [4.69, 9.17) is 0 Å². The molecule has 0 saturated carbocycles. The maximum Gasteiger partial charge on any atom is 0.100 e. The summed E-state index contributed by atoms with van der Waals surface area (Å²) in [4.78, 5) is 4.86. The fourth-order valence-corrected chi connectivity index (χ4v) is 2.96. The number of benzene rings is 1. The second kappa shape index (κ2) is 7.59. The summed E-state index contributed by atoms with van der Waals surface area (Å²) in [6.45, 7) is 11.7. The zero-order chi connectivity index (χ0) is 15.2. The van der Waals surface area contributed by atoms with E-state index in [0.29, 0.717) is 5.92 Å². The Labute approximate surface area is 129 Å². The van der Waals surface area contributed by atoms with E-state index in [-0.39, 0.29) is 6.04 Å². The molecule has 21 heavy (non-hydrogen) atoms. The Bertz CT molecular complexity index is 464. The SMILES string of the molecule is Cc1ccc(CCN2CCN(C(C#N)C(C)C)CC2)cc1. The van der Waals surface area contributed by atoms with E-state index in [9.17, 15) is 5.26 Å². The molecule has 1 fully saturated rings. The molecule has 1 atom stereocenters. The number of nitriles is 1. The molecule has 114 valence electrons. The topological polar surface area (TPSA) is 30.3 Å². The van der Waals surface area contributed by atoms with E-state index in [0.717, 1.165) is 39.1 Å². The average molecular weight is 285 g/mol. The fourth-order valence-electron chi connectivity index (χ4n) is 2.96. The zero-order valence-electron chi connectivity index (χ0n) is 13.5. The Hall–Kier alpha value is -1.37. The molecule has 3 heteroatoms. The van der Waals surface area contributed by atoms with Gasteiger partial charge in [0.15, 0.2) is 0 Å². The van der Waals surface area contributed by atoms with Crippen molar-refractivity contribution in [3.8, 4) is 6.07 Å². The molecule has 1 aromatic rings. The van der Waals surface area contributed by atoms with Gasteiger partial charge in [-0.2, -0.15) is 5.26 Å². The summed E-state index contributed by atoms with van der Waals surface area (Å²) in [6.07, 6.45) is 1.12. The van der Waals surface area contributed by atoms with Gasteiger partial charge in [0.25, 0.3) is 0 Å². The van der Waals surface area contributed by atoms with Crippen LogP contribution in [0.4, 0.5) is 0 Å². The van der Waals surface area contributed by atoms with Crippen LogP contribution < -0.4 is 0 Å². The van der Waals surface area contributed by atoms with Gasteiger partial charge in [0.2, 0.25) is 0 Å². The predicted molar refractivity (Wildman–Crippen MR) is 87.1 cm³/mol. The Kier molecular flexibility index (Phi) is 5.78. The average Bonchev–Trinajstić information content (AvgIpc) is 2.48. The molecule has 0 radical (unpaired) electrons. The first kappa shape index (κ1) is 16.0. The maximum absolute atomic E-state index is 9.28. The molecule has 0 aromatic heterocycles. The van der Waals surface area contributed by atoms with Crippen molar-refractivity contribution in [2.24, 2.45) is 5.92 Å². The van der Waals surface area contributed by atoms with Crippen LogP contribution in [0.1, 0.15) is 25.0 Å². The van der Waals surface area contributed by atoms with Gasteiger partial charge in [-0.15, -0.1) is 0 Å². The molecular weight excluding hydrogens is 258 g/mol. The van der Waals surface area contributed by atoms with Gasteiger partial charge in [0.1, 0.15) is 6.04 Å². The van der Waals surface area contributed by atoms with E-state index >= 15 is 0 Å². The second-order valence-electron chi connectivity index (χ2n) is 6.43. The van der Waals surface area contributed by atoms with Gasteiger partial charge in [0, 0.05) is 32.7 Å². The zero-order valence-corrected chi connectivity index (χ0v) is 13.5. The number of aryl methyl sites for hydroxylation is 1. The van der Waals surface area contributed by atoms with Gasteiger partial charge in [0.05, 0.1) is 6.07 Å². The van der Waals surface area contributed by atoms with Gasteiger partial charge in [-0.25, -0.2) is 0 Å². The van der Waals surface area contributed by atoms with Gasteiger partial charge >= 0.3 is 0 Å². The maximum atomic E-state index is 9.28. The van der Waals surface area contributed by atoms with E-state index in [1.165, 1.54) is 11.1 Å². The minimum absolute atomic E-state index is 0.0734. The van der Waals surface area contributed by atoms with Crippen molar-refractivity contribution in [3.63, 3.8) is 0 Å². The first-order valence-electron chi connectivity index (χ1n) is 8.01. The summed E-state index contributed by atoms with van der Waals surface area (Å²) in [5.41, 5.74) is 2.74. The summed E-state index contributed by atoms with van der Waals surface area (Å²) >= 11 is 0. The smallest absolute Gasteiger partial charge is 0.100 e. The normalized spacial score (nSPS) is 18.6. The lowest BCUT2D eigenvalue weighted by Crippen LogP contribution is -2.51. The molecule has 1 aromatic carbocycles. The molecule has 1 unspecified atom stereocenters. The van der Waals surface area contributed by atoms with Crippen molar-refractivity contribution in [1.29, 1.82) is 5.26 Å². The van der Waals surface area contributed by atoms with Crippen LogP contribution in [0, 0.1) is 24.2 Å². The van der Waals surface area contributed by atoms with E-state index < -0.39 is 0 Å². The van der Waals surface area contributed by atoms with Crippen LogP contribution in [0.15, 0.2) is 24.3 Å². The molecule has 2 rings (SSSR count). The molecule has 1 aliphatic heterocycles. The van der Waals surface area contributed by atoms with Gasteiger partial charge in [-0.05, 0) is 24.8 Å². The molecule has 0 spiro atoms. The highest BCUT2D eigenvalue weighted by molar-refractivity contribution is 5.21. The lowest BCUT2D eigenvalue weighted by molar-refractivity contribution is 0.0990. The first-order chi connectivity index (χ1) is 10.1. The van der Waals surface area contributed by atoms with E-state index in [2.05, 4.69) is 60.9 Å². The standard InChI is InChI=1S/C18H27N3/c1-15(2)18(14-19)21-12-10-20(11-13-21)9-8-17-6-4-16(3)5-7-17/h4-7,15,18H,8-13H2,1-3H3. The van der Waals surface area contributed by atoms with Crippen LogP contribution in [-0.2, 0) is 6.42 Å². The Balaban J connectivity index is 1.77. The molecule has 1 heterocycles. The Morgan fingerprint density at radius 2 is 1.71 bits per heavy atom. The van der Waals surface area contributed by atoms with Crippen LogP contribution in [-0.4, -0.2) is 48.6 Å². The van der Waals surface area contributed by atoms with Gasteiger partial charge in [-0.1, -0.05) is 43.7 Å². The highest BCUT2D eigenvalue weighted by Gasteiger charge is 2.25. The first-order valence-corrected chi connectivity index (χ1v) is 8.01. The minimum Gasteiger partial charge on any atom is -0.300 e. The van der Waals surface area contributed by atoms with Crippen molar-refractivity contribution in [2.45, 2.75) is 33.2 Å². The van der Waals surface area contributed by atoms with Crippen LogP contribution >= 0.6 is 0 Å². The molecule has 1 aliphatic rings. The fraction of sp³-hybridized carbons (Fsp3) is 0.611. The lowest BCUT2D eigenvalue weighted by atomic mass is 10.0. The summed E-state index contributed by atoms with van der Waals surface area (Å²) in [7, 11) is 0. The summed E-state index contributed by atoms with van der Waals surface area (Å²) in [6, 6.07) is 11.4. The second-order valence-corrected chi connectivity index (χ2v) is 6.43. The molecular formula is C18H27N3. The molecule has 0 N–H and O–H groups in total. The quantitative estimate of drug-likeness (QED) is 0.833. The Morgan fingerprint density at radius 1 is 1.10 bits per heavy atom. The summed E-state index contributed by atoms with van der Waals surface area (Å²) in [5.74, 6) is 0.411. The van der Waals surface area contributed by atoms with E-state index in [1.807, 2.05) is 0 Å². The van der Waals surface area contributed by atoms with Crippen molar-refractivity contribution < 1.29 is 0 Å². The van der Waals surface area contributed by atoms with Crippen LogP contribution in [0.2, 0.25) is 0 Å². The highest BCUT2D eigenvalue weighted by atomic mass is 15.3. The number of hydrogen-bond acceptors (Lipinski definition) is 3. The van der Waals surface area contributed by atoms with Crippen LogP contribution in [0.3, 0.4) is 0 Å². The van der Waals surface area contributed by atoms with Crippen LogP contribution in [0.25, 0.3) is 0 Å². The minimum atomic E-state index is 0.0734. The third-order valence-electron chi connectivity index (χ3n) is 4.40. The van der Waals surface area contributed by atoms with Gasteiger partial charge in [-0.3, -0.25) is 4.90 Å². The third-order valence-corrected chi connectivity index (χ3v) is 4.40. The molecule has 1 saturated heterocycles. The van der Waals surface area contributed by atoms with Crippen molar-refractivity contribution in [3.05, 3.63) is 35.4 Å². The molecule has 0 amide bonds. The number of nitrogens with zero attached hydrogens (tertiary/aromatic N) is 3. The van der Waals surface area contributed by atoms with E-state index in [1.54, 1.807) is 0 Å². The largest absolute Gasteiger partial charge is 0.300 e. The number of piperazine rings is 1. The lowest BCUT2D eigenvalue weighted by Gasteiger charge is -2.38. The number of rotatable bonds is 5. The highest BCUT2D eigenvalue weighted by Crippen LogP contribution is 2.13. The van der Waals surface area contributed by atoms with Crippen molar-refractivity contribution >= 4 is 0 Å². The number of hydrogen-bond donors (Lipinski definition) is 0. The molecule has 3 nitrogen and oxygen atoms in total. The van der Waals surface area contributed by atoms with Crippen LogP contribution in [0.5, 0.6) is 0 Å². The third kappa shape index (κ3) is 4.56. The van der Waals surface area contributed by atoms with Gasteiger partial charge < -0.3 is 4.90 Å².